The minimum Gasteiger partial charge on any atom is -0.459 e. The zero-order valence-electron chi connectivity index (χ0n) is 36.1. The third-order valence-electron chi connectivity index (χ3n) is 12.5. The van der Waals surface area contributed by atoms with Crippen LogP contribution in [0, 0.1) is 27.9 Å². The summed E-state index contributed by atoms with van der Waals surface area (Å²) in [5, 5.41) is 36.0. The molecule has 14 heteroatoms. The van der Waals surface area contributed by atoms with Crippen LogP contribution in [0.25, 0.3) is 11.1 Å². The number of carbonyl (C=O) groups is 1. The number of benzene rings is 4. The number of alkyl halides is 1. The number of amides is 1. The number of likely N-dealkylation sites (N-methyl/N-ethyl adjacent to an activating group) is 1. The molecule has 0 radical (unpaired) electrons. The molecule has 0 saturated heterocycles. The predicted octanol–water partition coefficient (Wildman–Crippen LogP) is 10.2. The van der Waals surface area contributed by atoms with Crippen LogP contribution in [0.2, 0.25) is 0 Å². The van der Waals surface area contributed by atoms with Gasteiger partial charge in [0.1, 0.15) is 36.5 Å². The third kappa shape index (κ3) is 10.3. The van der Waals surface area contributed by atoms with Gasteiger partial charge in [0.05, 0.1) is 29.0 Å². The van der Waals surface area contributed by atoms with Gasteiger partial charge in [-0.25, -0.2) is 4.79 Å². The number of non-ortho nitro benzene ring substituents is 1. The van der Waals surface area contributed by atoms with Gasteiger partial charge in [-0.1, -0.05) is 72.6 Å². The van der Waals surface area contributed by atoms with E-state index in [1.165, 1.54) is 17.0 Å². The molecule has 6 unspecified atom stereocenters. The van der Waals surface area contributed by atoms with Crippen molar-refractivity contribution in [1.82, 2.24) is 4.90 Å². The molecule has 1 saturated carbocycles. The number of carbonyl (C=O) groups excluding carboxylic acids is 1. The van der Waals surface area contributed by atoms with E-state index in [-0.39, 0.29) is 68.8 Å². The molecule has 2 N–H and O–H groups in total. The number of nitro benzene ring substituents is 1. The highest BCUT2D eigenvalue weighted by Crippen LogP contribution is 2.62. The molecule has 1 aliphatic heterocycles. The zero-order chi connectivity index (χ0) is 45.1. The van der Waals surface area contributed by atoms with Crippen LogP contribution in [0.5, 0.6) is 17.2 Å². The van der Waals surface area contributed by atoms with Gasteiger partial charge in [-0.15, -0.1) is 18.2 Å². The smallest absolute Gasteiger partial charge is 0.410 e. The van der Waals surface area contributed by atoms with Crippen LogP contribution in [-0.4, -0.2) is 83.0 Å². The average Bonchev–Trinajstić information content (AvgIpc) is 3.32. The molecule has 64 heavy (non-hydrogen) atoms. The summed E-state index contributed by atoms with van der Waals surface area (Å²) in [5.74, 6) is -0.284. The minimum atomic E-state index is -1.47. The molecule has 13 nitrogen and oxygen atoms in total. The molecule has 1 heterocycles. The molecule has 3 aliphatic rings. The van der Waals surface area contributed by atoms with Gasteiger partial charge in [0, 0.05) is 50.3 Å². The third-order valence-corrected chi connectivity index (χ3v) is 12.6. The summed E-state index contributed by atoms with van der Waals surface area (Å²) in [5.41, 5.74) is 5.19. The van der Waals surface area contributed by atoms with Crippen molar-refractivity contribution in [2.24, 2.45) is 22.9 Å². The zero-order valence-corrected chi connectivity index (χ0v) is 36.8. The van der Waals surface area contributed by atoms with Crippen LogP contribution < -0.4 is 9.47 Å². The highest BCUT2D eigenvalue weighted by atomic mass is 35.5. The van der Waals surface area contributed by atoms with Crippen LogP contribution in [0.15, 0.2) is 127 Å². The molecule has 2 aliphatic carbocycles. The van der Waals surface area contributed by atoms with Gasteiger partial charge in [0.15, 0.2) is 0 Å². The monoisotopic (exact) mass is 893 g/mol. The molecule has 338 valence electrons. The number of fused-ring (bicyclic) bond motifs is 2. The quantitative estimate of drug-likeness (QED) is 0.0271. The Balaban J connectivity index is 1.36. The number of allylic oxidation sites excluding steroid dienone is 1. The molecule has 1 amide bonds. The maximum Gasteiger partial charge on any atom is 0.410 e. The summed E-state index contributed by atoms with van der Waals surface area (Å²) in [7, 11) is 1.65. The summed E-state index contributed by atoms with van der Waals surface area (Å²) in [6.45, 7) is 4.25. The van der Waals surface area contributed by atoms with Crippen LogP contribution in [0.1, 0.15) is 62.0 Å². The molecule has 4 aromatic rings. The van der Waals surface area contributed by atoms with Crippen molar-refractivity contribution >= 4 is 29.1 Å². The van der Waals surface area contributed by atoms with E-state index in [4.69, 9.17) is 40.5 Å². The largest absolute Gasteiger partial charge is 0.459 e. The van der Waals surface area contributed by atoms with Crippen molar-refractivity contribution in [3.05, 3.63) is 143 Å². The Labute approximate surface area is 379 Å². The van der Waals surface area contributed by atoms with Crippen molar-refractivity contribution < 1.29 is 43.7 Å². The standard InChI is InChI=1S/C50H56ClN3O10/c1-3-28-61-50-46(53(2)49(57)60-29-25-51)32-44(52-62-33-34-15-19-38(20-16-34)54(58)59)42-30-37(13-7-9-26-55)41(14-8-10-27-56)47(48(42)50)43-31-40(23-24-45(43)64-50)63-39-21-17-36(18-22-39)35-11-5-4-6-12-35/h3-6,11-12,15-24,30-31,37,41,46-48,55-56H,1,7-10,13-14,25-29,32-33H2,2H3. The van der Waals surface area contributed by atoms with Crippen LogP contribution in [-0.2, 0) is 20.9 Å². The summed E-state index contributed by atoms with van der Waals surface area (Å²) >= 11 is 5.97. The number of aliphatic hydroxyl groups excluding tert-OH is 2. The molecule has 7 rings (SSSR count). The fourth-order valence-electron chi connectivity index (χ4n) is 9.53. The van der Waals surface area contributed by atoms with E-state index in [1.54, 1.807) is 25.3 Å². The van der Waals surface area contributed by atoms with Crippen molar-refractivity contribution in [1.29, 1.82) is 0 Å². The summed E-state index contributed by atoms with van der Waals surface area (Å²) in [6, 6.07) is 29.2. The van der Waals surface area contributed by atoms with E-state index in [9.17, 15) is 25.1 Å². The van der Waals surface area contributed by atoms with E-state index in [0.717, 1.165) is 47.9 Å². The Kier molecular flexibility index (Phi) is 15.7. The summed E-state index contributed by atoms with van der Waals surface area (Å²) in [4.78, 5) is 32.3. The van der Waals surface area contributed by atoms with Crippen LogP contribution in [0.3, 0.4) is 0 Å². The average molecular weight is 894 g/mol. The van der Waals surface area contributed by atoms with Crippen molar-refractivity contribution in [2.45, 2.75) is 69.3 Å². The number of halogens is 1. The highest BCUT2D eigenvalue weighted by molar-refractivity contribution is 6.18. The van der Waals surface area contributed by atoms with Gasteiger partial charge < -0.3 is 38.9 Å². The number of rotatable bonds is 21. The van der Waals surface area contributed by atoms with Gasteiger partial charge in [0.25, 0.3) is 5.69 Å². The van der Waals surface area contributed by atoms with E-state index in [1.807, 2.05) is 60.7 Å². The number of nitro groups is 1. The number of nitrogens with zero attached hydrogens (tertiary/aromatic N) is 3. The Morgan fingerprint density at radius 3 is 2.36 bits per heavy atom. The highest BCUT2D eigenvalue weighted by Gasteiger charge is 2.65. The van der Waals surface area contributed by atoms with Crippen molar-refractivity contribution in [2.75, 3.05) is 39.4 Å². The van der Waals surface area contributed by atoms with Gasteiger partial charge >= 0.3 is 6.09 Å². The maximum absolute atomic E-state index is 13.8. The van der Waals surface area contributed by atoms with E-state index >= 15 is 0 Å². The van der Waals surface area contributed by atoms with Crippen LogP contribution in [0.4, 0.5) is 10.5 Å². The number of hydrogen-bond donors (Lipinski definition) is 2. The Morgan fingerprint density at radius 2 is 1.67 bits per heavy atom. The first-order chi connectivity index (χ1) is 31.2. The van der Waals surface area contributed by atoms with E-state index in [0.29, 0.717) is 41.4 Å². The van der Waals surface area contributed by atoms with Crippen molar-refractivity contribution in [3.63, 3.8) is 0 Å². The number of ether oxygens (including phenoxy) is 4. The second-order valence-electron chi connectivity index (χ2n) is 16.4. The maximum atomic E-state index is 13.8. The molecule has 6 atom stereocenters. The van der Waals surface area contributed by atoms with Gasteiger partial charge in [-0.2, -0.15) is 0 Å². The lowest BCUT2D eigenvalue weighted by Crippen LogP contribution is -2.69. The van der Waals surface area contributed by atoms with Gasteiger partial charge in [-0.05, 0) is 102 Å². The molecule has 0 aromatic heterocycles. The summed E-state index contributed by atoms with van der Waals surface area (Å²) in [6.07, 6.45) is 7.81. The first kappa shape index (κ1) is 46.3. The summed E-state index contributed by atoms with van der Waals surface area (Å²) < 4.78 is 26.3. The molecule has 4 aromatic carbocycles. The number of hydrogen-bond acceptors (Lipinski definition) is 11. The Bertz CT molecular complexity index is 2270. The van der Waals surface area contributed by atoms with E-state index in [2.05, 4.69) is 24.8 Å². The second-order valence-corrected chi connectivity index (χ2v) is 16.8. The van der Waals surface area contributed by atoms with E-state index < -0.39 is 28.8 Å². The first-order valence-corrected chi connectivity index (χ1v) is 22.5. The minimum absolute atomic E-state index is 0.00162. The predicted molar refractivity (Wildman–Crippen MR) is 245 cm³/mol. The topological polar surface area (TPSA) is 162 Å². The lowest BCUT2D eigenvalue weighted by atomic mass is 9.55. The SMILES string of the molecule is C=CCOC12Oc3ccc(Oc4ccc(-c5ccccc5)cc4)cc3C3C(CCCCO)C(CCCCO)C=C(C(=NOCc4ccc([N+](=O)[O-])cc4)CC1N(C)C(=O)OCCCl)C32. The number of unbranched alkanes of at least 4 members (excludes halogenated alkanes) is 2. The molecule has 1 fully saturated rings. The number of aliphatic hydroxyl groups is 2. The fraction of sp³-hybridized carbons (Fsp3) is 0.400. The molecule has 0 bridgehead atoms. The van der Waals surface area contributed by atoms with Crippen LogP contribution >= 0.6 is 11.6 Å². The second kappa shape index (κ2) is 21.8. The Morgan fingerprint density at radius 1 is 0.969 bits per heavy atom. The Hall–Kier alpha value is -5.73. The van der Waals surface area contributed by atoms with Gasteiger partial charge in [0.2, 0.25) is 5.79 Å². The van der Waals surface area contributed by atoms with Gasteiger partial charge in [-0.3, -0.25) is 10.1 Å². The normalized spacial score (nSPS) is 22.6. The molecule has 0 spiro atoms. The first-order valence-electron chi connectivity index (χ1n) is 21.9. The van der Waals surface area contributed by atoms with Crippen molar-refractivity contribution in [3.8, 4) is 28.4 Å². The number of oxime groups is 1. The molecular formula is C50H56ClN3O10. The fourth-order valence-corrected chi connectivity index (χ4v) is 9.60. The lowest BCUT2D eigenvalue weighted by molar-refractivity contribution is -0.384. The lowest BCUT2D eigenvalue weighted by Gasteiger charge is -2.59. The molecular weight excluding hydrogens is 838 g/mol.